The molecular weight excluding hydrogens is 196 g/mol. The van der Waals surface area contributed by atoms with Crippen LogP contribution in [0.5, 0.6) is 0 Å². The monoisotopic (exact) mass is 210 g/mol. The predicted molar refractivity (Wildman–Crippen MR) is 61.9 cm³/mol. The maximum absolute atomic E-state index is 5.84. The minimum atomic E-state index is 0.521. The standard InChI is InChI=1S/C11H15ClN2/c1-8(2)7-14-11(13)9-4-3-5-10(12)6-9/h3-6,8H,7H2,1-2H3,(H2,13,14). The zero-order valence-electron chi connectivity index (χ0n) is 8.50. The number of hydrogen-bond acceptors (Lipinski definition) is 1. The largest absolute Gasteiger partial charge is 0.384 e. The highest BCUT2D eigenvalue weighted by Gasteiger charge is 1.99. The van der Waals surface area contributed by atoms with Crippen molar-refractivity contribution >= 4 is 17.4 Å². The summed E-state index contributed by atoms with van der Waals surface area (Å²) in [6.07, 6.45) is 0. The van der Waals surface area contributed by atoms with Gasteiger partial charge in [0.25, 0.3) is 0 Å². The normalized spacial score (nSPS) is 12.1. The molecule has 0 aliphatic heterocycles. The van der Waals surface area contributed by atoms with Crippen molar-refractivity contribution in [2.45, 2.75) is 13.8 Å². The molecule has 0 aliphatic rings. The van der Waals surface area contributed by atoms with Crippen molar-refractivity contribution in [2.24, 2.45) is 16.6 Å². The topological polar surface area (TPSA) is 38.4 Å². The Kier molecular flexibility index (Phi) is 3.96. The van der Waals surface area contributed by atoms with E-state index in [0.29, 0.717) is 16.8 Å². The van der Waals surface area contributed by atoms with Crippen molar-refractivity contribution in [3.63, 3.8) is 0 Å². The SMILES string of the molecule is CC(C)CN=C(N)c1cccc(Cl)c1. The fraction of sp³-hybridized carbons (Fsp3) is 0.364. The Morgan fingerprint density at radius 1 is 1.50 bits per heavy atom. The zero-order chi connectivity index (χ0) is 10.6. The fourth-order valence-corrected chi connectivity index (χ4v) is 1.21. The van der Waals surface area contributed by atoms with Crippen LogP contribution in [0.25, 0.3) is 0 Å². The number of rotatable bonds is 3. The first-order valence-electron chi connectivity index (χ1n) is 4.65. The van der Waals surface area contributed by atoms with Crippen LogP contribution in [0.4, 0.5) is 0 Å². The van der Waals surface area contributed by atoms with Crippen LogP contribution in [-0.4, -0.2) is 12.4 Å². The first kappa shape index (κ1) is 11.1. The summed E-state index contributed by atoms with van der Waals surface area (Å²) >= 11 is 5.84. The molecule has 2 nitrogen and oxygen atoms in total. The number of benzene rings is 1. The maximum atomic E-state index is 5.84. The summed E-state index contributed by atoms with van der Waals surface area (Å²) in [6.45, 7) is 4.96. The van der Waals surface area contributed by atoms with Crippen molar-refractivity contribution in [1.29, 1.82) is 0 Å². The van der Waals surface area contributed by atoms with Crippen LogP contribution in [0, 0.1) is 5.92 Å². The van der Waals surface area contributed by atoms with E-state index >= 15 is 0 Å². The number of hydrogen-bond donors (Lipinski definition) is 1. The molecule has 0 saturated heterocycles. The summed E-state index contributed by atoms with van der Waals surface area (Å²) in [6, 6.07) is 7.42. The van der Waals surface area contributed by atoms with Gasteiger partial charge in [0.1, 0.15) is 5.84 Å². The molecule has 0 amide bonds. The molecule has 0 saturated carbocycles. The van der Waals surface area contributed by atoms with Crippen molar-refractivity contribution in [3.8, 4) is 0 Å². The number of amidine groups is 1. The van der Waals surface area contributed by atoms with Crippen LogP contribution in [0.1, 0.15) is 19.4 Å². The molecule has 0 aliphatic carbocycles. The van der Waals surface area contributed by atoms with E-state index in [1.165, 1.54) is 0 Å². The third kappa shape index (κ3) is 3.38. The summed E-state index contributed by atoms with van der Waals surface area (Å²) < 4.78 is 0. The van der Waals surface area contributed by atoms with Crippen molar-refractivity contribution in [2.75, 3.05) is 6.54 Å². The zero-order valence-corrected chi connectivity index (χ0v) is 9.25. The highest BCUT2D eigenvalue weighted by atomic mass is 35.5. The smallest absolute Gasteiger partial charge is 0.125 e. The molecule has 0 radical (unpaired) electrons. The van der Waals surface area contributed by atoms with E-state index in [2.05, 4.69) is 18.8 Å². The van der Waals surface area contributed by atoms with Crippen LogP contribution >= 0.6 is 11.6 Å². The second-order valence-corrected chi connectivity index (χ2v) is 4.07. The Balaban J connectivity index is 2.78. The van der Waals surface area contributed by atoms with E-state index in [1.54, 1.807) is 0 Å². The minimum absolute atomic E-state index is 0.521. The van der Waals surface area contributed by atoms with Crippen LogP contribution in [0.15, 0.2) is 29.3 Å². The van der Waals surface area contributed by atoms with Gasteiger partial charge in [-0.25, -0.2) is 0 Å². The summed E-state index contributed by atoms with van der Waals surface area (Å²) in [7, 11) is 0. The molecule has 1 aromatic rings. The number of aliphatic imine (C=N–C) groups is 1. The average molecular weight is 211 g/mol. The molecule has 2 N–H and O–H groups in total. The second-order valence-electron chi connectivity index (χ2n) is 3.63. The molecule has 0 aromatic heterocycles. The first-order valence-corrected chi connectivity index (χ1v) is 5.03. The van der Waals surface area contributed by atoms with E-state index in [0.717, 1.165) is 12.1 Å². The third-order valence-electron chi connectivity index (χ3n) is 1.75. The van der Waals surface area contributed by atoms with Gasteiger partial charge < -0.3 is 5.73 Å². The van der Waals surface area contributed by atoms with E-state index in [-0.39, 0.29) is 0 Å². The lowest BCUT2D eigenvalue weighted by Gasteiger charge is -2.03. The molecule has 0 bridgehead atoms. The highest BCUT2D eigenvalue weighted by Crippen LogP contribution is 2.10. The van der Waals surface area contributed by atoms with Gasteiger partial charge in [0.05, 0.1) is 0 Å². The third-order valence-corrected chi connectivity index (χ3v) is 1.98. The molecule has 1 aromatic carbocycles. The van der Waals surface area contributed by atoms with Gasteiger partial charge in [-0.3, -0.25) is 4.99 Å². The van der Waals surface area contributed by atoms with Gasteiger partial charge in [-0.1, -0.05) is 37.6 Å². The maximum Gasteiger partial charge on any atom is 0.125 e. The molecule has 1 rings (SSSR count). The molecule has 0 spiro atoms. The Labute approximate surface area is 89.8 Å². The first-order chi connectivity index (χ1) is 6.59. The molecule has 76 valence electrons. The summed E-state index contributed by atoms with van der Waals surface area (Å²) in [5.41, 5.74) is 6.69. The lowest BCUT2D eigenvalue weighted by molar-refractivity contribution is 0.665. The molecule has 0 heterocycles. The Morgan fingerprint density at radius 3 is 2.79 bits per heavy atom. The van der Waals surface area contributed by atoms with E-state index < -0.39 is 0 Å². The van der Waals surface area contributed by atoms with Gasteiger partial charge in [0.15, 0.2) is 0 Å². The van der Waals surface area contributed by atoms with E-state index in [4.69, 9.17) is 17.3 Å². The van der Waals surface area contributed by atoms with Crippen LogP contribution in [-0.2, 0) is 0 Å². The molecular formula is C11H15ClN2. The van der Waals surface area contributed by atoms with Crippen molar-refractivity contribution in [3.05, 3.63) is 34.9 Å². The number of nitrogens with two attached hydrogens (primary N) is 1. The summed E-state index contributed by atoms with van der Waals surface area (Å²) in [4.78, 5) is 4.27. The molecule has 0 unspecified atom stereocenters. The fourth-order valence-electron chi connectivity index (χ4n) is 1.02. The van der Waals surface area contributed by atoms with Crippen LogP contribution in [0.3, 0.4) is 0 Å². The molecule has 0 atom stereocenters. The molecule has 14 heavy (non-hydrogen) atoms. The van der Waals surface area contributed by atoms with Gasteiger partial charge in [0.2, 0.25) is 0 Å². The Morgan fingerprint density at radius 2 is 2.21 bits per heavy atom. The number of halogens is 1. The predicted octanol–water partition coefficient (Wildman–Crippen LogP) is 2.70. The van der Waals surface area contributed by atoms with Crippen LogP contribution in [0.2, 0.25) is 5.02 Å². The van der Waals surface area contributed by atoms with Crippen LogP contribution < -0.4 is 5.73 Å². The lowest BCUT2D eigenvalue weighted by Crippen LogP contribution is -2.14. The quantitative estimate of drug-likeness (QED) is 0.605. The lowest BCUT2D eigenvalue weighted by atomic mass is 10.2. The molecule has 0 fully saturated rings. The minimum Gasteiger partial charge on any atom is -0.384 e. The highest BCUT2D eigenvalue weighted by molar-refractivity contribution is 6.31. The number of nitrogens with zero attached hydrogens (tertiary/aromatic N) is 1. The van der Waals surface area contributed by atoms with Crippen molar-refractivity contribution < 1.29 is 0 Å². The Hall–Kier alpha value is -1.02. The van der Waals surface area contributed by atoms with Crippen molar-refractivity contribution in [1.82, 2.24) is 0 Å². The summed E-state index contributed by atoms with van der Waals surface area (Å²) in [5.74, 6) is 1.08. The van der Waals surface area contributed by atoms with E-state index in [9.17, 15) is 0 Å². The Bertz CT molecular complexity index is 332. The summed E-state index contributed by atoms with van der Waals surface area (Å²) in [5, 5.41) is 0.685. The van der Waals surface area contributed by atoms with Gasteiger partial charge in [0, 0.05) is 17.1 Å². The van der Waals surface area contributed by atoms with Gasteiger partial charge in [-0.15, -0.1) is 0 Å². The van der Waals surface area contributed by atoms with Gasteiger partial charge >= 0.3 is 0 Å². The molecule has 3 heteroatoms. The van der Waals surface area contributed by atoms with Gasteiger partial charge in [-0.2, -0.15) is 0 Å². The second kappa shape index (κ2) is 5.01. The average Bonchev–Trinajstić information content (AvgIpc) is 2.14. The van der Waals surface area contributed by atoms with Gasteiger partial charge in [-0.05, 0) is 18.1 Å². The van der Waals surface area contributed by atoms with E-state index in [1.807, 2.05) is 24.3 Å².